The van der Waals surface area contributed by atoms with E-state index in [0.717, 1.165) is 0 Å². The number of pyridine rings is 1. The maximum Gasteiger partial charge on any atom is 0.254 e. The van der Waals surface area contributed by atoms with E-state index in [1.165, 1.54) is 24.4 Å². The Bertz CT molecular complexity index is 747. The van der Waals surface area contributed by atoms with E-state index < -0.39 is 17.5 Å². The zero-order chi connectivity index (χ0) is 16.3. The van der Waals surface area contributed by atoms with E-state index in [-0.39, 0.29) is 16.8 Å². The fourth-order valence-electron chi connectivity index (χ4n) is 1.96. The zero-order valence-corrected chi connectivity index (χ0v) is 12.1. The summed E-state index contributed by atoms with van der Waals surface area (Å²) in [6.45, 7) is 3.71. The molecule has 0 radical (unpaired) electrons. The van der Waals surface area contributed by atoms with Gasteiger partial charge in [0.2, 0.25) is 0 Å². The Morgan fingerprint density at radius 3 is 2.73 bits per heavy atom. The Labute approximate surface area is 125 Å². The SMILES string of the molecule is CCNC(=O)c1ccc(-c2cc(N=N)c(C)cn2)c(F)c1F. The molecule has 0 fully saturated rings. The molecule has 7 heteroatoms. The van der Waals surface area contributed by atoms with E-state index in [0.29, 0.717) is 17.8 Å². The molecular weight excluding hydrogens is 290 g/mol. The fourth-order valence-corrected chi connectivity index (χ4v) is 1.96. The molecular formula is C15H14F2N4O. The first-order valence-electron chi connectivity index (χ1n) is 6.60. The van der Waals surface area contributed by atoms with Gasteiger partial charge in [-0.2, -0.15) is 5.11 Å². The minimum atomic E-state index is -1.23. The van der Waals surface area contributed by atoms with Crippen molar-refractivity contribution in [1.29, 1.82) is 5.53 Å². The minimum absolute atomic E-state index is 0.0875. The van der Waals surface area contributed by atoms with Gasteiger partial charge in [-0.1, -0.05) is 0 Å². The molecule has 0 atom stereocenters. The second-order valence-electron chi connectivity index (χ2n) is 4.62. The number of halogens is 2. The highest BCUT2D eigenvalue weighted by Crippen LogP contribution is 2.28. The number of nitrogens with zero attached hydrogens (tertiary/aromatic N) is 2. The van der Waals surface area contributed by atoms with Crippen LogP contribution in [-0.4, -0.2) is 17.4 Å². The third kappa shape index (κ3) is 2.83. The minimum Gasteiger partial charge on any atom is -0.352 e. The molecule has 22 heavy (non-hydrogen) atoms. The van der Waals surface area contributed by atoms with Crippen molar-refractivity contribution in [3.63, 3.8) is 0 Å². The lowest BCUT2D eigenvalue weighted by Gasteiger charge is -2.09. The number of carbonyl (C=O) groups excluding carboxylic acids is 1. The van der Waals surface area contributed by atoms with Crippen molar-refractivity contribution in [3.8, 4) is 11.3 Å². The molecule has 0 aliphatic heterocycles. The first-order chi connectivity index (χ1) is 10.5. The maximum absolute atomic E-state index is 14.2. The van der Waals surface area contributed by atoms with Crippen molar-refractivity contribution in [3.05, 3.63) is 47.2 Å². The van der Waals surface area contributed by atoms with Crippen LogP contribution in [0.25, 0.3) is 11.3 Å². The van der Waals surface area contributed by atoms with Gasteiger partial charge >= 0.3 is 0 Å². The molecule has 0 bridgehead atoms. The molecule has 114 valence electrons. The molecule has 0 unspecified atom stereocenters. The van der Waals surface area contributed by atoms with Gasteiger partial charge in [0, 0.05) is 18.3 Å². The molecule has 2 rings (SSSR count). The number of rotatable bonds is 4. The van der Waals surface area contributed by atoms with Crippen molar-refractivity contribution in [2.75, 3.05) is 6.54 Å². The fraction of sp³-hybridized carbons (Fsp3) is 0.200. The molecule has 0 spiro atoms. The third-order valence-corrected chi connectivity index (χ3v) is 3.14. The van der Waals surface area contributed by atoms with Crippen molar-refractivity contribution in [2.24, 2.45) is 5.11 Å². The largest absolute Gasteiger partial charge is 0.352 e. The number of amides is 1. The molecule has 0 saturated carbocycles. The smallest absolute Gasteiger partial charge is 0.254 e. The standard InChI is InChI=1S/C15H14F2N4O/c1-3-19-15(22)10-5-4-9(13(16)14(10)17)12-6-11(21-18)8(2)7-20-12/h4-7,18H,3H2,1-2H3,(H,19,22). The molecule has 1 heterocycles. The summed E-state index contributed by atoms with van der Waals surface area (Å²) >= 11 is 0. The van der Waals surface area contributed by atoms with Crippen LogP contribution >= 0.6 is 0 Å². The van der Waals surface area contributed by atoms with Crippen LogP contribution in [0.1, 0.15) is 22.8 Å². The number of carbonyl (C=O) groups is 1. The van der Waals surface area contributed by atoms with Gasteiger partial charge in [0.05, 0.1) is 16.9 Å². The highest BCUT2D eigenvalue weighted by molar-refractivity contribution is 5.95. The highest BCUT2D eigenvalue weighted by atomic mass is 19.2. The molecule has 1 aromatic carbocycles. The third-order valence-electron chi connectivity index (χ3n) is 3.14. The summed E-state index contributed by atoms with van der Waals surface area (Å²) in [5, 5.41) is 5.72. The molecule has 1 aromatic heterocycles. The Kier molecular flexibility index (Phi) is 4.55. The van der Waals surface area contributed by atoms with Crippen LogP contribution < -0.4 is 5.32 Å². The van der Waals surface area contributed by atoms with E-state index >= 15 is 0 Å². The maximum atomic E-state index is 14.2. The van der Waals surface area contributed by atoms with Crippen molar-refractivity contribution in [1.82, 2.24) is 10.3 Å². The molecule has 0 aliphatic carbocycles. The lowest BCUT2D eigenvalue weighted by Crippen LogP contribution is -2.24. The van der Waals surface area contributed by atoms with Gasteiger partial charge in [0.25, 0.3) is 5.91 Å². The Morgan fingerprint density at radius 1 is 1.36 bits per heavy atom. The quantitative estimate of drug-likeness (QED) is 0.844. The molecule has 2 N–H and O–H groups in total. The van der Waals surface area contributed by atoms with Crippen molar-refractivity contribution >= 4 is 11.6 Å². The first-order valence-corrected chi connectivity index (χ1v) is 6.60. The van der Waals surface area contributed by atoms with E-state index in [9.17, 15) is 13.6 Å². The number of aryl methyl sites for hydroxylation is 1. The van der Waals surface area contributed by atoms with Crippen LogP contribution in [0.5, 0.6) is 0 Å². The van der Waals surface area contributed by atoms with Crippen LogP contribution in [0.3, 0.4) is 0 Å². The summed E-state index contributed by atoms with van der Waals surface area (Å²) in [6, 6.07) is 3.89. The summed E-state index contributed by atoms with van der Waals surface area (Å²) in [7, 11) is 0. The number of nitrogens with one attached hydrogen (secondary N) is 2. The topological polar surface area (TPSA) is 78.2 Å². The highest BCUT2D eigenvalue weighted by Gasteiger charge is 2.20. The number of hydrogen-bond acceptors (Lipinski definition) is 4. The predicted molar refractivity (Wildman–Crippen MR) is 77.1 cm³/mol. The second-order valence-corrected chi connectivity index (χ2v) is 4.62. The second kappa shape index (κ2) is 6.38. The van der Waals surface area contributed by atoms with Gasteiger partial charge in [-0.05, 0) is 37.6 Å². The monoisotopic (exact) mass is 304 g/mol. The average molecular weight is 304 g/mol. The van der Waals surface area contributed by atoms with E-state index in [1.807, 2.05) is 0 Å². The van der Waals surface area contributed by atoms with Crippen LogP contribution in [0, 0.1) is 24.1 Å². The average Bonchev–Trinajstić information content (AvgIpc) is 2.51. The van der Waals surface area contributed by atoms with Gasteiger partial charge in [-0.3, -0.25) is 9.78 Å². The summed E-state index contributed by atoms with van der Waals surface area (Å²) < 4.78 is 28.3. The predicted octanol–water partition coefficient (Wildman–Crippen LogP) is 3.75. The lowest BCUT2D eigenvalue weighted by atomic mass is 10.0. The van der Waals surface area contributed by atoms with Crippen LogP contribution in [0.4, 0.5) is 14.5 Å². The number of benzene rings is 1. The number of aromatic nitrogens is 1. The summed E-state index contributed by atoms with van der Waals surface area (Å²) in [5.41, 5.74) is 7.72. The Morgan fingerprint density at radius 2 is 2.09 bits per heavy atom. The summed E-state index contributed by atoms with van der Waals surface area (Å²) in [4.78, 5) is 15.7. The normalized spacial score (nSPS) is 10.4. The number of hydrogen-bond donors (Lipinski definition) is 2. The molecule has 0 aliphatic rings. The van der Waals surface area contributed by atoms with Gasteiger partial charge in [-0.15, -0.1) is 0 Å². The van der Waals surface area contributed by atoms with Gasteiger partial charge < -0.3 is 5.32 Å². The molecule has 1 amide bonds. The van der Waals surface area contributed by atoms with E-state index in [1.54, 1.807) is 13.8 Å². The Balaban J connectivity index is 2.52. The molecule has 0 saturated heterocycles. The lowest BCUT2D eigenvalue weighted by molar-refractivity contribution is 0.0951. The van der Waals surface area contributed by atoms with E-state index in [4.69, 9.17) is 5.53 Å². The van der Waals surface area contributed by atoms with Crippen molar-refractivity contribution in [2.45, 2.75) is 13.8 Å². The molecule has 5 nitrogen and oxygen atoms in total. The summed E-state index contributed by atoms with van der Waals surface area (Å²) in [6.07, 6.45) is 1.43. The van der Waals surface area contributed by atoms with E-state index in [2.05, 4.69) is 15.4 Å². The van der Waals surface area contributed by atoms with Crippen LogP contribution in [0.2, 0.25) is 0 Å². The first kappa shape index (κ1) is 15.7. The van der Waals surface area contributed by atoms with Crippen LogP contribution in [-0.2, 0) is 0 Å². The molecule has 2 aromatic rings. The van der Waals surface area contributed by atoms with Gasteiger partial charge in [0.1, 0.15) is 0 Å². The Hall–Kier alpha value is -2.70. The summed E-state index contributed by atoms with van der Waals surface area (Å²) in [5.74, 6) is -3.06. The van der Waals surface area contributed by atoms with Crippen molar-refractivity contribution < 1.29 is 13.6 Å². The van der Waals surface area contributed by atoms with Crippen LogP contribution in [0.15, 0.2) is 29.5 Å². The van der Waals surface area contributed by atoms with Gasteiger partial charge in [0.15, 0.2) is 11.6 Å². The zero-order valence-electron chi connectivity index (χ0n) is 12.1. The van der Waals surface area contributed by atoms with Gasteiger partial charge in [-0.25, -0.2) is 14.3 Å².